The van der Waals surface area contributed by atoms with Gasteiger partial charge in [0.15, 0.2) is 0 Å². The summed E-state index contributed by atoms with van der Waals surface area (Å²) in [7, 11) is 1.51. The van der Waals surface area contributed by atoms with E-state index in [0.717, 1.165) is 21.4 Å². The van der Waals surface area contributed by atoms with Gasteiger partial charge in [-0.3, -0.25) is 4.79 Å². The molecule has 0 spiro atoms. The van der Waals surface area contributed by atoms with E-state index in [9.17, 15) is 4.79 Å². The second-order valence-electron chi connectivity index (χ2n) is 6.53. The zero-order valence-corrected chi connectivity index (χ0v) is 16.7. The van der Waals surface area contributed by atoms with Gasteiger partial charge in [-0.1, -0.05) is 0 Å². The quantitative estimate of drug-likeness (QED) is 0.651. The fraction of sp³-hybridized carbons (Fsp3) is 0.136. The van der Waals surface area contributed by atoms with Crippen molar-refractivity contribution in [1.29, 1.82) is 10.5 Å². The number of hydrogen-bond donors (Lipinski definition) is 1. The molecule has 0 unspecified atom stereocenters. The maximum atomic E-state index is 12.4. The smallest absolute Gasteiger partial charge is 0.341 e. The summed E-state index contributed by atoms with van der Waals surface area (Å²) in [5.41, 5.74) is 3.26. The van der Waals surface area contributed by atoms with E-state index in [1.54, 1.807) is 30.3 Å². The Labute approximate surface area is 173 Å². The normalized spacial score (nSPS) is 10.4. The Bertz CT molecular complexity index is 1240. The summed E-state index contributed by atoms with van der Waals surface area (Å²) in [5.74, 6) is 0.628. The summed E-state index contributed by atoms with van der Waals surface area (Å²) in [6.07, 6.45) is 3.12. The first-order valence-corrected chi connectivity index (χ1v) is 8.99. The molecule has 0 radical (unpaired) electrons. The van der Waals surface area contributed by atoms with Crippen LogP contribution in [0.5, 0.6) is 11.8 Å². The molecule has 0 bridgehead atoms. The molecule has 1 aromatic heterocycles. The highest BCUT2D eigenvalue weighted by atomic mass is 16.5. The fourth-order valence-corrected chi connectivity index (χ4v) is 2.85. The van der Waals surface area contributed by atoms with Crippen LogP contribution in [0.4, 0.5) is 11.5 Å². The van der Waals surface area contributed by atoms with Crippen molar-refractivity contribution in [2.75, 3.05) is 5.32 Å². The Kier molecular flexibility index (Phi) is 5.90. The maximum absolute atomic E-state index is 12.4. The summed E-state index contributed by atoms with van der Waals surface area (Å²) in [4.78, 5) is 16.6. The Morgan fingerprint density at radius 3 is 2.40 bits per heavy atom. The lowest BCUT2D eigenvalue weighted by Gasteiger charge is -2.13. The molecule has 0 fully saturated rings. The summed E-state index contributed by atoms with van der Waals surface area (Å²) in [6, 6.07) is 14.4. The Morgan fingerprint density at radius 2 is 1.80 bits per heavy atom. The van der Waals surface area contributed by atoms with Crippen molar-refractivity contribution in [3.63, 3.8) is 0 Å². The number of allylic oxidation sites excluding steroid dienone is 1. The number of anilines is 2. The molecule has 3 aromatic rings. The topological polar surface area (TPSA) is 117 Å². The lowest BCUT2D eigenvalue weighted by atomic mass is 10.1. The summed E-state index contributed by atoms with van der Waals surface area (Å²) >= 11 is 0. The molecular weight excluding hydrogens is 380 g/mol. The predicted molar refractivity (Wildman–Crippen MR) is 112 cm³/mol. The third-order valence-electron chi connectivity index (χ3n) is 4.24. The zero-order chi connectivity index (χ0) is 21.7. The molecular formula is C22H18N6O2. The number of nitrogens with one attached hydrogen (secondary N) is 1. The van der Waals surface area contributed by atoms with Gasteiger partial charge in [-0.15, -0.1) is 5.10 Å². The van der Waals surface area contributed by atoms with Crippen molar-refractivity contribution in [2.45, 2.75) is 13.8 Å². The number of nitrogens with zero attached hydrogens (tertiary/aromatic N) is 5. The van der Waals surface area contributed by atoms with Gasteiger partial charge in [-0.2, -0.15) is 15.5 Å². The van der Waals surface area contributed by atoms with Crippen molar-refractivity contribution < 1.29 is 4.74 Å². The maximum Gasteiger partial charge on any atom is 0.341 e. The van der Waals surface area contributed by atoms with Gasteiger partial charge in [-0.05, 0) is 73.0 Å². The van der Waals surface area contributed by atoms with E-state index in [2.05, 4.69) is 15.4 Å². The molecule has 3 rings (SSSR count). The lowest BCUT2D eigenvalue weighted by Crippen LogP contribution is -2.24. The minimum Gasteiger partial charge on any atom is -0.423 e. The minimum absolute atomic E-state index is 0.0137. The molecule has 30 heavy (non-hydrogen) atoms. The standard InChI is InChI=1S/C22H18N6O2/c1-14-11-17(5-4-10-23)12-15(2)19(14)30-22-26-20(21(29)28(3)27-22)25-18-8-6-16(13-24)7-9-18/h4-9,11-12H,1-3H3,(H,25,26,27)/b5-4+. The lowest BCUT2D eigenvalue weighted by molar-refractivity contribution is 0.413. The highest BCUT2D eigenvalue weighted by Gasteiger charge is 2.13. The van der Waals surface area contributed by atoms with E-state index in [4.69, 9.17) is 15.3 Å². The van der Waals surface area contributed by atoms with Crippen LogP contribution in [0.15, 0.2) is 47.3 Å². The molecule has 0 atom stereocenters. The number of aryl methyl sites for hydroxylation is 3. The third-order valence-corrected chi connectivity index (χ3v) is 4.24. The van der Waals surface area contributed by atoms with Gasteiger partial charge >= 0.3 is 11.6 Å². The largest absolute Gasteiger partial charge is 0.423 e. The third kappa shape index (κ3) is 4.51. The zero-order valence-electron chi connectivity index (χ0n) is 16.7. The van der Waals surface area contributed by atoms with Crippen molar-refractivity contribution in [2.24, 2.45) is 7.05 Å². The summed E-state index contributed by atoms with van der Waals surface area (Å²) < 4.78 is 7.04. The van der Waals surface area contributed by atoms with E-state index in [0.29, 0.717) is 17.0 Å². The first kappa shape index (κ1) is 20.3. The predicted octanol–water partition coefficient (Wildman–Crippen LogP) is 3.74. The van der Waals surface area contributed by atoms with Crippen LogP contribution in [0, 0.1) is 36.5 Å². The number of rotatable bonds is 5. The van der Waals surface area contributed by atoms with Gasteiger partial charge in [0, 0.05) is 18.8 Å². The number of hydrogen-bond acceptors (Lipinski definition) is 7. The molecule has 8 heteroatoms. The van der Waals surface area contributed by atoms with Gasteiger partial charge in [0.1, 0.15) is 5.75 Å². The van der Waals surface area contributed by atoms with Crippen LogP contribution in [0.3, 0.4) is 0 Å². The molecule has 0 saturated carbocycles. The molecule has 148 valence electrons. The minimum atomic E-state index is -0.419. The molecule has 0 saturated heterocycles. The number of aromatic nitrogens is 3. The van der Waals surface area contributed by atoms with E-state index in [1.165, 1.54) is 13.1 Å². The van der Waals surface area contributed by atoms with Crippen LogP contribution >= 0.6 is 0 Å². The highest BCUT2D eigenvalue weighted by molar-refractivity contribution is 5.59. The summed E-state index contributed by atoms with van der Waals surface area (Å²) in [5, 5.41) is 24.6. The van der Waals surface area contributed by atoms with Gasteiger partial charge in [0.25, 0.3) is 0 Å². The monoisotopic (exact) mass is 398 g/mol. The molecule has 0 aliphatic heterocycles. The van der Waals surface area contributed by atoms with Crippen LogP contribution in [-0.4, -0.2) is 14.8 Å². The van der Waals surface area contributed by atoms with E-state index >= 15 is 0 Å². The van der Waals surface area contributed by atoms with Crippen LogP contribution in [-0.2, 0) is 7.05 Å². The molecule has 0 aliphatic rings. The Balaban J connectivity index is 1.92. The van der Waals surface area contributed by atoms with Crippen LogP contribution in [0.25, 0.3) is 6.08 Å². The van der Waals surface area contributed by atoms with Crippen LogP contribution in [0.2, 0.25) is 0 Å². The van der Waals surface area contributed by atoms with Crippen molar-refractivity contribution in [1.82, 2.24) is 14.8 Å². The number of ether oxygens (including phenoxy) is 1. The van der Waals surface area contributed by atoms with Gasteiger partial charge in [0.2, 0.25) is 5.82 Å². The summed E-state index contributed by atoms with van der Waals surface area (Å²) in [6.45, 7) is 3.76. The first-order valence-electron chi connectivity index (χ1n) is 8.99. The number of nitriles is 2. The Hall–Kier alpha value is -4.43. The van der Waals surface area contributed by atoms with Crippen molar-refractivity contribution in [3.8, 4) is 23.9 Å². The van der Waals surface area contributed by atoms with Crippen molar-refractivity contribution in [3.05, 3.63) is 75.1 Å². The second kappa shape index (κ2) is 8.72. The molecule has 2 aromatic carbocycles. The molecule has 0 aliphatic carbocycles. The molecule has 0 amide bonds. The SMILES string of the molecule is Cc1cc(/C=C/C#N)cc(C)c1Oc1nc(Nc2ccc(C#N)cc2)c(=O)n(C)n1. The number of benzene rings is 2. The van der Waals surface area contributed by atoms with E-state index in [-0.39, 0.29) is 11.8 Å². The first-order chi connectivity index (χ1) is 14.4. The molecule has 1 heterocycles. The molecule has 1 N–H and O–H groups in total. The fourth-order valence-electron chi connectivity index (χ4n) is 2.85. The molecule has 8 nitrogen and oxygen atoms in total. The highest BCUT2D eigenvalue weighted by Crippen LogP contribution is 2.29. The second-order valence-corrected chi connectivity index (χ2v) is 6.53. The van der Waals surface area contributed by atoms with E-state index < -0.39 is 5.56 Å². The van der Waals surface area contributed by atoms with Crippen LogP contribution < -0.4 is 15.6 Å². The average molecular weight is 398 g/mol. The average Bonchev–Trinajstić information content (AvgIpc) is 2.73. The van der Waals surface area contributed by atoms with Crippen LogP contribution in [0.1, 0.15) is 22.3 Å². The Morgan fingerprint density at radius 1 is 1.13 bits per heavy atom. The van der Waals surface area contributed by atoms with E-state index in [1.807, 2.05) is 38.1 Å². The van der Waals surface area contributed by atoms with Gasteiger partial charge < -0.3 is 10.1 Å². The van der Waals surface area contributed by atoms with Gasteiger partial charge in [0.05, 0.1) is 17.7 Å². The van der Waals surface area contributed by atoms with Crippen molar-refractivity contribution >= 4 is 17.6 Å². The van der Waals surface area contributed by atoms with Gasteiger partial charge in [-0.25, -0.2) is 4.68 Å².